The number of amides is 1. The van der Waals surface area contributed by atoms with Crippen LogP contribution in [0.1, 0.15) is 12.2 Å². The SMILES string of the molecule is Cc1ccc(-c2ccc(NC(=O)[C@H]3[C@@H](C(=O)[O-])[C@H]4C=C[C@H]3C4)cc2)o1. The Bertz CT molecular complexity index is 849. The molecule has 1 N–H and O–H groups in total. The van der Waals surface area contributed by atoms with Gasteiger partial charge in [0.05, 0.1) is 5.92 Å². The average Bonchev–Trinajstić information content (AvgIpc) is 3.30. The molecule has 0 unspecified atom stereocenters. The molecule has 2 bridgehead atoms. The molecule has 128 valence electrons. The van der Waals surface area contributed by atoms with Gasteiger partial charge in [-0.2, -0.15) is 0 Å². The quantitative estimate of drug-likeness (QED) is 0.869. The molecule has 2 aromatic rings. The number of fused-ring (bicyclic) bond motifs is 2. The number of aryl methyl sites for hydroxylation is 1. The van der Waals surface area contributed by atoms with Crippen molar-refractivity contribution in [3.05, 3.63) is 54.3 Å². The third-order valence-corrected chi connectivity index (χ3v) is 5.21. The van der Waals surface area contributed by atoms with Crippen LogP contribution in [0.4, 0.5) is 5.69 Å². The number of allylic oxidation sites excluding steroid dienone is 2. The van der Waals surface area contributed by atoms with E-state index in [1.54, 1.807) is 12.1 Å². The first-order valence-electron chi connectivity index (χ1n) is 8.40. The molecule has 1 fully saturated rings. The maximum atomic E-state index is 12.6. The number of aliphatic carboxylic acids is 1. The molecule has 4 atom stereocenters. The van der Waals surface area contributed by atoms with E-state index < -0.39 is 17.8 Å². The fraction of sp³-hybridized carbons (Fsp3) is 0.300. The molecule has 25 heavy (non-hydrogen) atoms. The fourth-order valence-corrected chi connectivity index (χ4v) is 4.03. The van der Waals surface area contributed by atoms with E-state index in [2.05, 4.69) is 5.32 Å². The number of carbonyl (C=O) groups excluding carboxylic acids is 2. The number of benzene rings is 1. The van der Waals surface area contributed by atoms with Crippen LogP contribution in [-0.4, -0.2) is 11.9 Å². The lowest BCUT2D eigenvalue weighted by Gasteiger charge is -2.27. The van der Waals surface area contributed by atoms with Crippen LogP contribution in [0.15, 0.2) is 53.0 Å². The van der Waals surface area contributed by atoms with Crippen molar-refractivity contribution in [2.24, 2.45) is 23.7 Å². The second kappa shape index (κ2) is 5.92. The van der Waals surface area contributed by atoms with Gasteiger partial charge < -0.3 is 19.6 Å². The van der Waals surface area contributed by atoms with Crippen molar-refractivity contribution < 1.29 is 19.1 Å². The molecular weight excluding hydrogens is 318 g/mol. The minimum atomic E-state index is -1.14. The largest absolute Gasteiger partial charge is 0.550 e. The molecule has 4 rings (SSSR count). The molecule has 0 spiro atoms. The van der Waals surface area contributed by atoms with Crippen LogP contribution in [0.3, 0.4) is 0 Å². The highest BCUT2D eigenvalue weighted by molar-refractivity contribution is 5.96. The van der Waals surface area contributed by atoms with Crippen LogP contribution in [0.25, 0.3) is 11.3 Å². The molecule has 1 heterocycles. The van der Waals surface area contributed by atoms with E-state index in [1.165, 1.54) is 0 Å². The Kier molecular flexibility index (Phi) is 3.71. The number of carbonyl (C=O) groups is 2. The summed E-state index contributed by atoms with van der Waals surface area (Å²) in [6.45, 7) is 1.88. The van der Waals surface area contributed by atoms with Crippen molar-refractivity contribution in [1.29, 1.82) is 0 Å². The van der Waals surface area contributed by atoms with E-state index in [4.69, 9.17) is 4.42 Å². The Balaban J connectivity index is 1.49. The summed E-state index contributed by atoms with van der Waals surface area (Å²) >= 11 is 0. The number of rotatable bonds is 4. The van der Waals surface area contributed by atoms with Crippen molar-refractivity contribution in [3.8, 4) is 11.3 Å². The summed E-state index contributed by atoms with van der Waals surface area (Å²) in [5.74, 6) is -1.19. The first-order chi connectivity index (χ1) is 12.0. The molecule has 1 aromatic carbocycles. The summed E-state index contributed by atoms with van der Waals surface area (Å²) in [7, 11) is 0. The van der Waals surface area contributed by atoms with E-state index in [1.807, 2.05) is 43.3 Å². The summed E-state index contributed by atoms with van der Waals surface area (Å²) in [5.41, 5.74) is 1.56. The Hall–Kier alpha value is -2.82. The van der Waals surface area contributed by atoms with E-state index in [0.29, 0.717) is 12.1 Å². The van der Waals surface area contributed by atoms with Crippen LogP contribution in [0, 0.1) is 30.6 Å². The highest BCUT2D eigenvalue weighted by Gasteiger charge is 2.48. The molecule has 5 heteroatoms. The molecule has 0 aliphatic heterocycles. The molecule has 0 saturated heterocycles. The number of hydrogen-bond donors (Lipinski definition) is 1. The zero-order valence-corrected chi connectivity index (χ0v) is 13.8. The monoisotopic (exact) mass is 336 g/mol. The van der Waals surface area contributed by atoms with Crippen LogP contribution < -0.4 is 10.4 Å². The molecule has 2 aliphatic carbocycles. The summed E-state index contributed by atoms with van der Waals surface area (Å²) in [6, 6.07) is 11.1. The maximum Gasteiger partial charge on any atom is 0.228 e. The van der Waals surface area contributed by atoms with Gasteiger partial charge in [0, 0.05) is 23.1 Å². The normalized spacial score (nSPS) is 26.8. The predicted octanol–water partition coefficient (Wildman–Crippen LogP) is 2.38. The lowest BCUT2D eigenvalue weighted by molar-refractivity contribution is -0.313. The average molecular weight is 336 g/mol. The van der Waals surface area contributed by atoms with Gasteiger partial charge in [-0.25, -0.2) is 0 Å². The second-order valence-electron chi connectivity index (χ2n) is 6.80. The summed E-state index contributed by atoms with van der Waals surface area (Å²) in [4.78, 5) is 24.0. The van der Waals surface area contributed by atoms with Crippen molar-refractivity contribution in [3.63, 3.8) is 0 Å². The number of hydrogen-bond acceptors (Lipinski definition) is 4. The van der Waals surface area contributed by atoms with Crippen LogP contribution >= 0.6 is 0 Å². The Morgan fingerprint density at radius 1 is 1.04 bits per heavy atom. The van der Waals surface area contributed by atoms with Crippen molar-refractivity contribution in [1.82, 2.24) is 0 Å². The van der Waals surface area contributed by atoms with Gasteiger partial charge in [0.2, 0.25) is 5.91 Å². The van der Waals surface area contributed by atoms with Gasteiger partial charge in [0.1, 0.15) is 11.5 Å². The summed E-state index contributed by atoms with van der Waals surface area (Å²) in [6.07, 6.45) is 4.57. The third kappa shape index (κ3) is 2.76. The third-order valence-electron chi connectivity index (χ3n) is 5.21. The summed E-state index contributed by atoms with van der Waals surface area (Å²) < 4.78 is 5.58. The van der Waals surface area contributed by atoms with Gasteiger partial charge in [-0.1, -0.05) is 12.2 Å². The second-order valence-corrected chi connectivity index (χ2v) is 6.80. The highest BCUT2D eigenvalue weighted by atomic mass is 16.4. The first-order valence-corrected chi connectivity index (χ1v) is 8.40. The standard InChI is InChI=1S/C20H19NO4/c1-11-2-9-16(25-11)12-5-7-15(8-6-12)21-19(22)17-13-3-4-14(10-13)18(17)20(23)24/h2-9,13-14,17-18H,10H2,1H3,(H,21,22)(H,23,24)/p-1/t13-,14-,17+,18-/m0/s1. The topological polar surface area (TPSA) is 82.4 Å². The lowest BCUT2D eigenvalue weighted by atomic mass is 9.82. The zero-order valence-electron chi connectivity index (χ0n) is 13.8. The van der Waals surface area contributed by atoms with E-state index in [9.17, 15) is 14.7 Å². The number of furan rings is 1. The molecule has 0 radical (unpaired) electrons. The minimum absolute atomic E-state index is 0.0155. The molecule has 1 aromatic heterocycles. The Labute approximate surface area is 145 Å². The van der Waals surface area contributed by atoms with Gasteiger partial charge in [-0.15, -0.1) is 0 Å². The van der Waals surface area contributed by atoms with E-state index in [-0.39, 0.29) is 17.7 Å². The number of nitrogens with one attached hydrogen (secondary N) is 1. The van der Waals surface area contributed by atoms with Gasteiger partial charge in [-0.3, -0.25) is 4.79 Å². The molecule has 1 amide bonds. The summed E-state index contributed by atoms with van der Waals surface area (Å²) in [5, 5.41) is 14.3. The minimum Gasteiger partial charge on any atom is -0.550 e. The van der Waals surface area contributed by atoms with Gasteiger partial charge in [0.25, 0.3) is 0 Å². The van der Waals surface area contributed by atoms with Crippen molar-refractivity contribution >= 4 is 17.6 Å². The Morgan fingerprint density at radius 3 is 2.32 bits per heavy atom. The van der Waals surface area contributed by atoms with Gasteiger partial charge in [-0.05, 0) is 61.6 Å². The van der Waals surface area contributed by atoms with Gasteiger partial charge >= 0.3 is 0 Å². The van der Waals surface area contributed by atoms with Crippen molar-refractivity contribution in [2.45, 2.75) is 13.3 Å². The molecule has 2 aliphatic rings. The zero-order chi connectivity index (χ0) is 17.6. The first kappa shape index (κ1) is 15.7. The lowest BCUT2D eigenvalue weighted by Crippen LogP contribution is -2.42. The highest BCUT2D eigenvalue weighted by Crippen LogP contribution is 2.48. The number of carboxylic acid groups (broad SMARTS) is 1. The van der Waals surface area contributed by atoms with Crippen LogP contribution in [-0.2, 0) is 9.59 Å². The maximum absolute atomic E-state index is 12.6. The number of anilines is 1. The smallest absolute Gasteiger partial charge is 0.228 e. The predicted molar refractivity (Wildman–Crippen MR) is 90.2 cm³/mol. The molecule has 5 nitrogen and oxygen atoms in total. The molecular formula is C20H18NO4-. The van der Waals surface area contributed by atoms with Crippen LogP contribution in [0.5, 0.6) is 0 Å². The Morgan fingerprint density at radius 2 is 1.72 bits per heavy atom. The van der Waals surface area contributed by atoms with Gasteiger partial charge in [0.15, 0.2) is 0 Å². The van der Waals surface area contributed by atoms with Crippen LogP contribution in [0.2, 0.25) is 0 Å². The molecule has 1 saturated carbocycles. The van der Waals surface area contributed by atoms with E-state index >= 15 is 0 Å². The van der Waals surface area contributed by atoms with E-state index in [0.717, 1.165) is 17.1 Å². The van der Waals surface area contributed by atoms with Crippen molar-refractivity contribution in [2.75, 3.05) is 5.32 Å². The number of carboxylic acids is 1. The fourth-order valence-electron chi connectivity index (χ4n) is 4.03.